The molecule has 0 unspecified atom stereocenters. The van der Waals surface area contributed by atoms with Gasteiger partial charge in [-0.05, 0) is 37.1 Å². The first kappa shape index (κ1) is 10.5. The molecule has 0 saturated carbocycles. The third-order valence-electron chi connectivity index (χ3n) is 3.23. The number of aromatic amines is 1. The van der Waals surface area contributed by atoms with Gasteiger partial charge in [-0.2, -0.15) is 5.10 Å². The Balaban J connectivity index is 1.97. The van der Waals surface area contributed by atoms with Gasteiger partial charge in [0.25, 0.3) is 0 Å². The van der Waals surface area contributed by atoms with E-state index < -0.39 is 0 Å². The van der Waals surface area contributed by atoms with Gasteiger partial charge in [0.15, 0.2) is 0 Å². The molecule has 2 heterocycles. The van der Waals surface area contributed by atoms with E-state index in [1.807, 2.05) is 6.20 Å². The highest BCUT2D eigenvalue weighted by Crippen LogP contribution is 2.30. The molecule has 0 spiro atoms. The summed E-state index contributed by atoms with van der Waals surface area (Å²) in [5.74, 6) is -0.210. The number of nitrogens with zero attached hydrogens (tertiary/aromatic N) is 1. The van der Waals surface area contributed by atoms with E-state index in [1.165, 1.54) is 18.6 Å². The molecular weight excluding hydrogens is 217 g/mol. The standard InChI is InChI=1S/C13H14FN3/c14-10-5-3-9(4-6-10)11-8-16-17-13(11)12-2-1-7-15-12/h3-6,8,12,15H,1-2,7H2,(H,16,17)/t12-/m1/s1. The molecule has 0 bridgehead atoms. The molecule has 1 aromatic heterocycles. The Kier molecular flexibility index (Phi) is 2.65. The molecule has 0 aliphatic carbocycles. The van der Waals surface area contributed by atoms with Crippen LogP contribution in [0.2, 0.25) is 0 Å². The van der Waals surface area contributed by atoms with Crippen molar-refractivity contribution >= 4 is 0 Å². The first-order valence-corrected chi connectivity index (χ1v) is 5.87. The predicted molar refractivity (Wildman–Crippen MR) is 64.0 cm³/mol. The van der Waals surface area contributed by atoms with Gasteiger partial charge < -0.3 is 5.32 Å². The van der Waals surface area contributed by atoms with Crippen molar-refractivity contribution < 1.29 is 4.39 Å². The number of hydrogen-bond acceptors (Lipinski definition) is 2. The topological polar surface area (TPSA) is 40.7 Å². The van der Waals surface area contributed by atoms with Gasteiger partial charge >= 0.3 is 0 Å². The van der Waals surface area contributed by atoms with Crippen molar-refractivity contribution in [3.05, 3.63) is 42.0 Å². The molecular formula is C13H14FN3. The molecule has 1 aliphatic rings. The summed E-state index contributed by atoms with van der Waals surface area (Å²) in [7, 11) is 0. The summed E-state index contributed by atoms with van der Waals surface area (Å²) in [5, 5.41) is 10.6. The van der Waals surface area contributed by atoms with Gasteiger partial charge in [-0.3, -0.25) is 5.10 Å². The summed E-state index contributed by atoms with van der Waals surface area (Å²) in [6, 6.07) is 6.89. The molecule has 3 nitrogen and oxygen atoms in total. The molecule has 0 amide bonds. The van der Waals surface area contributed by atoms with Crippen LogP contribution in [0.1, 0.15) is 24.6 Å². The van der Waals surface area contributed by atoms with Gasteiger partial charge in [-0.25, -0.2) is 4.39 Å². The minimum atomic E-state index is -0.210. The number of aromatic nitrogens is 2. The van der Waals surface area contributed by atoms with E-state index in [9.17, 15) is 4.39 Å². The Labute approximate surface area is 99.1 Å². The molecule has 1 aromatic carbocycles. The number of benzene rings is 1. The van der Waals surface area contributed by atoms with Crippen molar-refractivity contribution in [2.24, 2.45) is 0 Å². The van der Waals surface area contributed by atoms with Crippen LogP contribution in [0.3, 0.4) is 0 Å². The fourth-order valence-corrected chi connectivity index (χ4v) is 2.35. The number of nitrogens with one attached hydrogen (secondary N) is 2. The van der Waals surface area contributed by atoms with Crippen LogP contribution >= 0.6 is 0 Å². The van der Waals surface area contributed by atoms with Gasteiger partial charge in [0, 0.05) is 11.6 Å². The van der Waals surface area contributed by atoms with Crippen LogP contribution in [-0.4, -0.2) is 16.7 Å². The molecule has 17 heavy (non-hydrogen) atoms. The second-order valence-electron chi connectivity index (χ2n) is 4.35. The van der Waals surface area contributed by atoms with Gasteiger partial charge in [-0.1, -0.05) is 12.1 Å². The molecule has 1 saturated heterocycles. The lowest BCUT2D eigenvalue weighted by Gasteiger charge is -2.10. The van der Waals surface area contributed by atoms with Crippen LogP contribution in [-0.2, 0) is 0 Å². The minimum Gasteiger partial charge on any atom is -0.309 e. The first-order chi connectivity index (χ1) is 8.34. The Morgan fingerprint density at radius 2 is 2.06 bits per heavy atom. The van der Waals surface area contributed by atoms with Crippen molar-refractivity contribution in [2.75, 3.05) is 6.54 Å². The molecule has 1 fully saturated rings. The summed E-state index contributed by atoms with van der Waals surface area (Å²) < 4.78 is 12.9. The van der Waals surface area contributed by atoms with Crippen LogP contribution in [0, 0.1) is 5.82 Å². The van der Waals surface area contributed by atoms with Crippen molar-refractivity contribution in [2.45, 2.75) is 18.9 Å². The fraction of sp³-hybridized carbons (Fsp3) is 0.308. The quantitative estimate of drug-likeness (QED) is 0.834. The maximum Gasteiger partial charge on any atom is 0.123 e. The Morgan fingerprint density at radius 1 is 1.24 bits per heavy atom. The molecule has 0 radical (unpaired) electrons. The molecule has 2 aromatic rings. The lowest BCUT2D eigenvalue weighted by atomic mass is 10.0. The predicted octanol–water partition coefficient (Wildman–Crippen LogP) is 2.64. The summed E-state index contributed by atoms with van der Waals surface area (Å²) in [5.41, 5.74) is 3.17. The maximum atomic E-state index is 12.9. The zero-order chi connectivity index (χ0) is 11.7. The summed E-state index contributed by atoms with van der Waals surface area (Å²) in [4.78, 5) is 0. The highest BCUT2D eigenvalue weighted by molar-refractivity contribution is 5.65. The molecule has 1 aliphatic heterocycles. The van der Waals surface area contributed by atoms with Crippen LogP contribution in [0.4, 0.5) is 4.39 Å². The molecule has 88 valence electrons. The molecule has 2 N–H and O–H groups in total. The highest BCUT2D eigenvalue weighted by atomic mass is 19.1. The van der Waals surface area contributed by atoms with Crippen molar-refractivity contribution in [1.82, 2.24) is 15.5 Å². The van der Waals surface area contributed by atoms with E-state index in [4.69, 9.17) is 0 Å². The summed E-state index contributed by atoms with van der Waals surface area (Å²) >= 11 is 0. The summed E-state index contributed by atoms with van der Waals surface area (Å²) in [6.45, 7) is 1.05. The SMILES string of the molecule is Fc1ccc(-c2cn[nH]c2[C@H]2CCCN2)cc1. The van der Waals surface area contributed by atoms with E-state index in [2.05, 4.69) is 15.5 Å². The number of rotatable bonds is 2. The minimum absolute atomic E-state index is 0.210. The Bertz CT molecular complexity index is 498. The average molecular weight is 231 g/mol. The number of H-pyrrole nitrogens is 1. The van der Waals surface area contributed by atoms with Crippen molar-refractivity contribution in [3.63, 3.8) is 0 Å². The lowest BCUT2D eigenvalue weighted by Crippen LogP contribution is -2.14. The largest absolute Gasteiger partial charge is 0.309 e. The second-order valence-corrected chi connectivity index (χ2v) is 4.35. The third kappa shape index (κ3) is 1.96. The molecule has 3 rings (SSSR count). The number of hydrogen-bond donors (Lipinski definition) is 2. The van der Waals surface area contributed by atoms with Crippen LogP contribution < -0.4 is 5.32 Å². The highest BCUT2D eigenvalue weighted by Gasteiger charge is 2.21. The van der Waals surface area contributed by atoms with E-state index in [-0.39, 0.29) is 5.82 Å². The van der Waals surface area contributed by atoms with Gasteiger partial charge in [-0.15, -0.1) is 0 Å². The van der Waals surface area contributed by atoms with Crippen molar-refractivity contribution in [1.29, 1.82) is 0 Å². The van der Waals surface area contributed by atoms with Crippen molar-refractivity contribution in [3.8, 4) is 11.1 Å². The van der Waals surface area contributed by atoms with Gasteiger partial charge in [0.1, 0.15) is 5.82 Å². The average Bonchev–Trinajstić information content (AvgIpc) is 3.00. The zero-order valence-corrected chi connectivity index (χ0v) is 9.41. The smallest absolute Gasteiger partial charge is 0.123 e. The normalized spacial score (nSPS) is 19.7. The fourth-order valence-electron chi connectivity index (χ4n) is 2.35. The summed E-state index contributed by atoms with van der Waals surface area (Å²) in [6.07, 6.45) is 4.12. The van der Waals surface area contributed by atoms with Gasteiger partial charge in [0.2, 0.25) is 0 Å². The van der Waals surface area contributed by atoms with E-state index in [0.717, 1.165) is 29.8 Å². The van der Waals surface area contributed by atoms with Crippen LogP contribution in [0.15, 0.2) is 30.5 Å². The van der Waals surface area contributed by atoms with Gasteiger partial charge in [0.05, 0.1) is 11.9 Å². The Morgan fingerprint density at radius 3 is 2.76 bits per heavy atom. The molecule has 4 heteroatoms. The van der Waals surface area contributed by atoms with E-state index in [0.29, 0.717) is 6.04 Å². The van der Waals surface area contributed by atoms with E-state index >= 15 is 0 Å². The number of halogens is 1. The van der Waals surface area contributed by atoms with Crippen LogP contribution in [0.5, 0.6) is 0 Å². The first-order valence-electron chi connectivity index (χ1n) is 5.87. The Hall–Kier alpha value is -1.68. The maximum absolute atomic E-state index is 12.9. The molecule has 1 atom stereocenters. The lowest BCUT2D eigenvalue weighted by molar-refractivity contribution is 0.625. The zero-order valence-electron chi connectivity index (χ0n) is 9.41. The van der Waals surface area contributed by atoms with E-state index in [1.54, 1.807) is 12.1 Å². The second kappa shape index (κ2) is 4.30. The third-order valence-corrected chi connectivity index (χ3v) is 3.23. The van der Waals surface area contributed by atoms with Crippen LogP contribution in [0.25, 0.3) is 11.1 Å². The monoisotopic (exact) mass is 231 g/mol.